The number of nitriles is 1. The topological polar surface area (TPSA) is 45.4 Å². The highest BCUT2D eigenvalue weighted by atomic mass is 19.3. The van der Waals surface area contributed by atoms with Gasteiger partial charge in [-0.15, -0.1) is 0 Å². The van der Waals surface area contributed by atoms with Crippen molar-refractivity contribution in [1.29, 1.82) is 5.26 Å². The van der Waals surface area contributed by atoms with Crippen LogP contribution in [0.4, 0.5) is 8.78 Å². The summed E-state index contributed by atoms with van der Waals surface area (Å²) in [6.45, 7) is -0.0328. The van der Waals surface area contributed by atoms with Crippen LogP contribution in [0.25, 0.3) is 0 Å². The molecule has 5 heteroatoms. The molecule has 0 amide bonds. The van der Waals surface area contributed by atoms with Gasteiger partial charge in [-0.3, -0.25) is 0 Å². The Hall–Kier alpha value is -2.74. The Kier molecular flexibility index (Phi) is 4.99. The molecule has 0 atom stereocenters. The second-order valence-electron chi connectivity index (χ2n) is 4.24. The Morgan fingerprint density at radius 3 is 2.76 bits per heavy atom. The number of halogens is 2. The molecule has 2 aromatic rings. The highest BCUT2D eigenvalue weighted by molar-refractivity contribution is 5.79. The molecule has 0 radical (unpaired) electrons. The van der Waals surface area contributed by atoms with E-state index in [9.17, 15) is 8.78 Å². The second-order valence-corrected chi connectivity index (χ2v) is 4.24. The first-order chi connectivity index (χ1) is 10.2. The van der Waals surface area contributed by atoms with Crippen molar-refractivity contribution in [2.45, 2.75) is 13.0 Å². The number of hydrogen-bond donors (Lipinski definition) is 0. The minimum absolute atomic E-state index is 0.0328. The number of nitrogens with zero attached hydrogens (tertiary/aromatic N) is 2. The molecule has 0 aliphatic heterocycles. The summed E-state index contributed by atoms with van der Waals surface area (Å²) in [5.74, 6) is 0. The molecule has 0 aliphatic rings. The fourth-order valence-corrected chi connectivity index (χ4v) is 1.77. The molecule has 0 spiro atoms. The zero-order valence-electron chi connectivity index (χ0n) is 11.0. The fourth-order valence-electron chi connectivity index (χ4n) is 1.77. The summed E-state index contributed by atoms with van der Waals surface area (Å²) in [7, 11) is 0. The van der Waals surface area contributed by atoms with Gasteiger partial charge in [0.05, 0.1) is 17.8 Å². The molecule has 0 N–H and O–H groups in total. The normalized spacial score (nSPS) is 10.8. The Labute approximate surface area is 121 Å². The maximum atomic E-state index is 12.8. The van der Waals surface area contributed by atoms with E-state index in [2.05, 4.69) is 5.16 Å². The summed E-state index contributed by atoms with van der Waals surface area (Å²) in [5, 5.41) is 12.5. The molecule has 3 nitrogen and oxygen atoms in total. The lowest BCUT2D eigenvalue weighted by Gasteiger charge is -2.06. The van der Waals surface area contributed by atoms with Gasteiger partial charge < -0.3 is 4.84 Å². The van der Waals surface area contributed by atoms with Crippen molar-refractivity contribution in [3.05, 3.63) is 70.8 Å². The average Bonchev–Trinajstić information content (AvgIpc) is 2.52. The minimum atomic E-state index is -2.54. The molecule has 0 unspecified atom stereocenters. The molecule has 0 aliphatic carbocycles. The molecule has 0 saturated carbocycles. The lowest BCUT2D eigenvalue weighted by atomic mass is 10.1. The van der Waals surface area contributed by atoms with Crippen LogP contribution < -0.4 is 0 Å². The summed E-state index contributed by atoms with van der Waals surface area (Å²) >= 11 is 0. The van der Waals surface area contributed by atoms with Crippen LogP contribution in [0.1, 0.15) is 28.7 Å². The van der Waals surface area contributed by atoms with Crippen molar-refractivity contribution in [3.63, 3.8) is 0 Å². The summed E-state index contributed by atoms with van der Waals surface area (Å²) in [5.41, 5.74) is 1.56. The van der Waals surface area contributed by atoms with Gasteiger partial charge in [-0.2, -0.15) is 5.26 Å². The van der Waals surface area contributed by atoms with Crippen molar-refractivity contribution < 1.29 is 13.6 Å². The largest absolute Gasteiger partial charge is 0.391 e. The van der Waals surface area contributed by atoms with Gasteiger partial charge in [0.15, 0.2) is 0 Å². The predicted octanol–water partition coefficient (Wildman–Crippen LogP) is 4.05. The van der Waals surface area contributed by atoms with Crippen LogP contribution in [0.5, 0.6) is 0 Å². The van der Waals surface area contributed by atoms with Crippen molar-refractivity contribution >= 4 is 6.21 Å². The van der Waals surface area contributed by atoms with Crippen molar-refractivity contribution in [2.24, 2.45) is 5.16 Å². The van der Waals surface area contributed by atoms with Crippen LogP contribution in [-0.4, -0.2) is 6.21 Å². The minimum Gasteiger partial charge on any atom is -0.391 e. The maximum absolute atomic E-state index is 12.8. The van der Waals surface area contributed by atoms with E-state index in [4.69, 9.17) is 10.1 Å². The molecule has 0 fully saturated rings. The van der Waals surface area contributed by atoms with Crippen LogP contribution in [0.2, 0.25) is 0 Å². The molecule has 2 rings (SSSR count). The Morgan fingerprint density at radius 1 is 1.19 bits per heavy atom. The van der Waals surface area contributed by atoms with E-state index in [1.807, 2.05) is 6.07 Å². The number of hydrogen-bond acceptors (Lipinski definition) is 3. The van der Waals surface area contributed by atoms with Crippen molar-refractivity contribution in [1.82, 2.24) is 0 Å². The van der Waals surface area contributed by atoms with Crippen LogP contribution >= 0.6 is 0 Å². The molecular weight excluding hydrogens is 274 g/mol. The van der Waals surface area contributed by atoms with Crippen LogP contribution in [0.3, 0.4) is 0 Å². The van der Waals surface area contributed by atoms with Gasteiger partial charge in [0.25, 0.3) is 6.43 Å². The Bertz CT molecular complexity index is 678. The molecular formula is C16H12F2N2O. The monoisotopic (exact) mass is 286 g/mol. The third-order valence-electron chi connectivity index (χ3n) is 2.80. The summed E-state index contributed by atoms with van der Waals surface area (Å²) < 4.78 is 25.5. The van der Waals surface area contributed by atoms with Crippen molar-refractivity contribution in [3.8, 4) is 6.07 Å². The van der Waals surface area contributed by atoms with Gasteiger partial charge in [0.2, 0.25) is 0 Å². The molecule has 0 bridgehead atoms. The predicted molar refractivity (Wildman–Crippen MR) is 74.9 cm³/mol. The molecule has 2 aromatic carbocycles. The third kappa shape index (κ3) is 4.11. The lowest BCUT2D eigenvalue weighted by molar-refractivity contribution is 0.120. The highest BCUT2D eigenvalue weighted by Crippen LogP contribution is 2.23. The quantitative estimate of drug-likeness (QED) is 0.615. The van der Waals surface area contributed by atoms with Gasteiger partial charge in [-0.1, -0.05) is 41.6 Å². The van der Waals surface area contributed by atoms with Crippen LogP contribution in [0, 0.1) is 11.3 Å². The first-order valence-electron chi connectivity index (χ1n) is 6.22. The first-order valence-corrected chi connectivity index (χ1v) is 6.22. The number of oxime groups is 1. The van der Waals surface area contributed by atoms with Gasteiger partial charge in [0.1, 0.15) is 6.61 Å². The van der Waals surface area contributed by atoms with Gasteiger partial charge in [-0.05, 0) is 17.7 Å². The zero-order chi connectivity index (χ0) is 15.1. The standard InChI is InChI=1S/C16H12F2N2O/c17-16(18)15-7-2-1-6-14(15)11-21-20-10-13-5-3-4-12(8-13)9-19/h1-8,10,16H,11H2. The second kappa shape index (κ2) is 7.15. The Balaban J connectivity index is 1.98. The first kappa shape index (κ1) is 14.7. The van der Waals surface area contributed by atoms with E-state index < -0.39 is 6.43 Å². The average molecular weight is 286 g/mol. The van der Waals surface area contributed by atoms with E-state index in [-0.39, 0.29) is 12.2 Å². The summed E-state index contributed by atoms with van der Waals surface area (Å²) in [6, 6.07) is 15.0. The fraction of sp³-hybridized carbons (Fsp3) is 0.125. The third-order valence-corrected chi connectivity index (χ3v) is 2.80. The Morgan fingerprint density at radius 2 is 2.00 bits per heavy atom. The number of alkyl halides is 2. The van der Waals surface area contributed by atoms with E-state index in [0.717, 1.165) is 0 Å². The summed E-state index contributed by atoms with van der Waals surface area (Å²) in [6.07, 6.45) is -1.10. The van der Waals surface area contributed by atoms with Gasteiger partial charge in [0, 0.05) is 11.1 Å². The number of rotatable bonds is 5. The zero-order valence-corrected chi connectivity index (χ0v) is 11.0. The maximum Gasteiger partial charge on any atom is 0.264 e. The SMILES string of the molecule is N#Cc1cccc(C=NOCc2ccccc2C(F)F)c1. The highest BCUT2D eigenvalue weighted by Gasteiger charge is 2.11. The molecule has 106 valence electrons. The molecule has 0 heterocycles. The van der Waals surface area contributed by atoms with Crippen LogP contribution in [-0.2, 0) is 11.4 Å². The summed E-state index contributed by atoms with van der Waals surface area (Å²) in [4.78, 5) is 5.04. The molecule has 21 heavy (non-hydrogen) atoms. The van der Waals surface area contributed by atoms with Crippen LogP contribution in [0.15, 0.2) is 53.7 Å². The van der Waals surface area contributed by atoms with E-state index in [1.165, 1.54) is 12.3 Å². The van der Waals surface area contributed by atoms with Gasteiger partial charge >= 0.3 is 0 Å². The smallest absolute Gasteiger partial charge is 0.264 e. The molecule has 0 aromatic heterocycles. The van der Waals surface area contributed by atoms with Crippen molar-refractivity contribution in [2.75, 3.05) is 0 Å². The van der Waals surface area contributed by atoms with E-state index in [1.54, 1.807) is 42.5 Å². The molecule has 0 saturated heterocycles. The van der Waals surface area contributed by atoms with E-state index >= 15 is 0 Å². The van der Waals surface area contributed by atoms with E-state index in [0.29, 0.717) is 16.7 Å². The number of benzene rings is 2. The lowest BCUT2D eigenvalue weighted by Crippen LogP contribution is -1.96. The van der Waals surface area contributed by atoms with Gasteiger partial charge in [-0.25, -0.2) is 8.78 Å².